The Balaban J connectivity index is 5.22. The van der Waals surface area contributed by atoms with Crippen molar-refractivity contribution in [3.63, 3.8) is 0 Å². The zero-order valence-corrected chi connectivity index (χ0v) is 70.1. The van der Waals surface area contributed by atoms with E-state index in [1.165, 1.54) is 270 Å². The van der Waals surface area contributed by atoms with Crippen LogP contribution >= 0.6 is 15.6 Å². The third-order valence-corrected chi connectivity index (χ3v) is 21.9. The fourth-order valence-electron chi connectivity index (χ4n) is 13.2. The molecule has 5 atom stereocenters. The molecule has 104 heavy (non-hydrogen) atoms. The minimum atomic E-state index is -4.96. The van der Waals surface area contributed by atoms with Crippen molar-refractivity contribution in [2.75, 3.05) is 39.6 Å². The van der Waals surface area contributed by atoms with E-state index < -0.39 is 97.5 Å². The number of rotatable bonds is 84. The SMILES string of the molecule is CCCCCCCCCCCCCCCCCCC(=O)O[C@H](COC(=O)CCCCCCCCCCCC)COP(=O)(O)OC[C@H](O)COP(=O)(O)OC[C@@H](COC(=O)CCCCCCCCCCCCCCCCC(C)C)OC(=O)CCCCCCCCCCCCCCCCCCCCC(C)C. The lowest BCUT2D eigenvalue weighted by atomic mass is 10.0. The topological polar surface area (TPSA) is 237 Å². The van der Waals surface area contributed by atoms with Gasteiger partial charge < -0.3 is 33.8 Å². The maximum atomic E-state index is 13.1. The van der Waals surface area contributed by atoms with E-state index in [4.69, 9.17) is 37.0 Å². The Labute approximate surface area is 638 Å². The number of phosphoric ester groups is 2. The van der Waals surface area contributed by atoms with Crippen LogP contribution in [-0.4, -0.2) is 96.7 Å². The molecule has 0 bridgehead atoms. The van der Waals surface area contributed by atoms with E-state index in [1.807, 2.05) is 0 Å². The number of carbonyl (C=O) groups excluding carboxylic acids is 4. The number of unbranched alkanes of at least 4 members (excludes halogenated alkanes) is 54. The molecule has 0 saturated heterocycles. The number of hydrogen-bond donors (Lipinski definition) is 3. The van der Waals surface area contributed by atoms with E-state index in [1.54, 1.807) is 0 Å². The number of carbonyl (C=O) groups is 4. The summed E-state index contributed by atoms with van der Waals surface area (Å²) < 4.78 is 68.8. The molecule has 0 aromatic rings. The molecule has 19 heteroatoms. The fraction of sp³-hybridized carbons (Fsp3) is 0.953. The fourth-order valence-corrected chi connectivity index (χ4v) is 14.8. The predicted molar refractivity (Wildman–Crippen MR) is 428 cm³/mol. The van der Waals surface area contributed by atoms with Gasteiger partial charge in [-0.3, -0.25) is 37.3 Å². The maximum Gasteiger partial charge on any atom is 0.472 e. The molecule has 2 unspecified atom stereocenters. The number of hydrogen-bond acceptors (Lipinski definition) is 15. The first kappa shape index (κ1) is 102. The lowest BCUT2D eigenvalue weighted by Gasteiger charge is -2.21. The summed E-state index contributed by atoms with van der Waals surface area (Å²) in [6.45, 7) is 9.72. The average Bonchev–Trinajstić information content (AvgIpc) is 0.912. The molecule has 0 saturated carbocycles. The van der Waals surface area contributed by atoms with Crippen molar-refractivity contribution >= 4 is 39.5 Å². The second kappa shape index (κ2) is 76.4. The third kappa shape index (κ3) is 78.2. The van der Waals surface area contributed by atoms with Crippen LogP contribution in [0.4, 0.5) is 0 Å². The normalized spacial score (nSPS) is 13.8. The van der Waals surface area contributed by atoms with Crippen molar-refractivity contribution in [2.45, 2.75) is 471 Å². The summed E-state index contributed by atoms with van der Waals surface area (Å²) in [4.78, 5) is 73.2. The van der Waals surface area contributed by atoms with Gasteiger partial charge in [-0.25, -0.2) is 9.13 Å². The molecule has 618 valence electrons. The molecular formula is C85H166O17P2. The Kier molecular flexibility index (Phi) is 75.0. The van der Waals surface area contributed by atoms with E-state index in [0.29, 0.717) is 25.7 Å². The molecule has 17 nitrogen and oxygen atoms in total. The van der Waals surface area contributed by atoms with Gasteiger partial charge in [-0.1, -0.05) is 401 Å². The molecule has 0 rings (SSSR count). The van der Waals surface area contributed by atoms with E-state index in [9.17, 15) is 43.2 Å². The Morgan fingerprint density at radius 3 is 0.654 bits per heavy atom. The van der Waals surface area contributed by atoms with Crippen LogP contribution in [0.25, 0.3) is 0 Å². The number of aliphatic hydroxyl groups excluding tert-OH is 1. The average molecular weight is 1520 g/mol. The third-order valence-electron chi connectivity index (χ3n) is 20.0. The first-order chi connectivity index (χ1) is 50.4. The van der Waals surface area contributed by atoms with Crippen molar-refractivity contribution in [2.24, 2.45) is 11.8 Å². The van der Waals surface area contributed by atoms with Crippen LogP contribution in [0.3, 0.4) is 0 Å². The molecule has 0 amide bonds. The van der Waals surface area contributed by atoms with Gasteiger partial charge in [0.15, 0.2) is 12.2 Å². The maximum absolute atomic E-state index is 13.1. The predicted octanol–water partition coefficient (Wildman–Crippen LogP) is 25.8. The van der Waals surface area contributed by atoms with Crippen molar-refractivity contribution in [1.29, 1.82) is 0 Å². The molecule has 0 aliphatic carbocycles. The molecule has 0 aliphatic rings. The zero-order valence-electron chi connectivity index (χ0n) is 68.3. The van der Waals surface area contributed by atoms with Crippen molar-refractivity contribution in [3.05, 3.63) is 0 Å². The van der Waals surface area contributed by atoms with Gasteiger partial charge in [0.1, 0.15) is 19.3 Å². The smallest absolute Gasteiger partial charge is 0.462 e. The van der Waals surface area contributed by atoms with Crippen LogP contribution in [-0.2, 0) is 65.4 Å². The van der Waals surface area contributed by atoms with Crippen LogP contribution < -0.4 is 0 Å². The van der Waals surface area contributed by atoms with Crippen LogP contribution in [0.1, 0.15) is 452 Å². The summed E-state index contributed by atoms with van der Waals surface area (Å²) in [5.41, 5.74) is 0. The van der Waals surface area contributed by atoms with Gasteiger partial charge in [0.25, 0.3) is 0 Å². The number of aliphatic hydroxyl groups is 1. The van der Waals surface area contributed by atoms with Crippen LogP contribution in [0.2, 0.25) is 0 Å². The Hall–Kier alpha value is -1.94. The first-order valence-corrected chi connectivity index (χ1v) is 47.0. The highest BCUT2D eigenvalue weighted by molar-refractivity contribution is 7.47. The monoisotopic (exact) mass is 1520 g/mol. The number of ether oxygens (including phenoxy) is 4. The Bertz CT molecular complexity index is 1990. The molecule has 3 N–H and O–H groups in total. The molecule has 0 aromatic carbocycles. The number of esters is 4. The van der Waals surface area contributed by atoms with Gasteiger partial charge in [-0.15, -0.1) is 0 Å². The van der Waals surface area contributed by atoms with E-state index in [-0.39, 0.29) is 25.7 Å². The zero-order chi connectivity index (χ0) is 76.4. The molecule has 0 spiro atoms. The summed E-state index contributed by atoms with van der Waals surface area (Å²) in [6, 6.07) is 0. The molecule has 0 heterocycles. The number of phosphoric acid groups is 2. The summed E-state index contributed by atoms with van der Waals surface area (Å²) in [5.74, 6) is -0.482. The highest BCUT2D eigenvalue weighted by Crippen LogP contribution is 2.45. The van der Waals surface area contributed by atoms with Gasteiger partial charge in [-0.2, -0.15) is 0 Å². The first-order valence-electron chi connectivity index (χ1n) is 44.0. The second-order valence-electron chi connectivity index (χ2n) is 31.5. The Morgan fingerprint density at radius 2 is 0.442 bits per heavy atom. The largest absolute Gasteiger partial charge is 0.472 e. The molecule has 0 fully saturated rings. The van der Waals surface area contributed by atoms with E-state index >= 15 is 0 Å². The van der Waals surface area contributed by atoms with E-state index in [0.717, 1.165) is 102 Å². The van der Waals surface area contributed by atoms with Crippen LogP contribution in [0.5, 0.6) is 0 Å². The quantitative estimate of drug-likeness (QED) is 0.0222. The van der Waals surface area contributed by atoms with Crippen molar-refractivity contribution in [1.82, 2.24) is 0 Å². The molecule has 0 aromatic heterocycles. The second-order valence-corrected chi connectivity index (χ2v) is 34.4. The van der Waals surface area contributed by atoms with Gasteiger partial charge >= 0.3 is 39.5 Å². The summed E-state index contributed by atoms with van der Waals surface area (Å²) in [7, 11) is -9.92. The standard InChI is InChI=1S/C85H166O17P2/c1-7-9-11-13-15-17-19-20-21-27-34-39-45-51-57-63-69-84(89)101-80(73-95-82(87)67-61-55-49-43-18-16-14-12-10-8-2)75-99-103(91,92)97-71-79(86)72-98-104(93,94)100-76-81(74-96-83(88)68-62-56-50-44-38-33-30-29-32-37-42-48-54-60-66-78(5)6)102-85(90)70-64-58-52-46-40-35-28-25-23-22-24-26-31-36-41-47-53-59-65-77(3)4/h77-81,86H,7-76H2,1-6H3,(H,91,92)(H,93,94)/t79-,80+,81+/m0/s1. The minimum absolute atomic E-state index is 0.109. The molecular weight excluding hydrogens is 1350 g/mol. The van der Waals surface area contributed by atoms with E-state index in [2.05, 4.69) is 41.5 Å². The van der Waals surface area contributed by atoms with Crippen LogP contribution in [0.15, 0.2) is 0 Å². The Morgan fingerprint density at radius 1 is 0.260 bits per heavy atom. The van der Waals surface area contributed by atoms with Gasteiger partial charge in [0.2, 0.25) is 0 Å². The van der Waals surface area contributed by atoms with Gasteiger partial charge in [0, 0.05) is 25.7 Å². The van der Waals surface area contributed by atoms with Gasteiger partial charge in [-0.05, 0) is 37.5 Å². The van der Waals surface area contributed by atoms with Crippen molar-refractivity contribution < 1.29 is 80.2 Å². The highest BCUT2D eigenvalue weighted by Gasteiger charge is 2.30. The highest BCUT2D eigenvalue weighted by atomic mass is 31.2. The summed E-state index contributed by atoms with van der Waals surface area (Å²) in [6.07, 6.45) is 68.0. The summed E-state index contributed by atoms with van der Waals surface area (Å²) in [5, 5.41) is 10.7. The molecule has 0 radical (unpaired) electrons. The minimum Gasteiger partial charge on any atom is -0.462 e. The van der Waals surface area contributed by atoms with Crippen molar-refractivity contribution in [3.8, 4) is 0 Å². The lowest BCUT2D eigenvalue weighted by Crippen LogP contribution is -2.30. The summed E-state index contributed by atoms with van der Waals surface area (Å²) >= 11 is 0. The molecule has 0 aliphatic heterocycles. The van der Waals surface area contributed by atoms with Gasteiger partial charge in [0.05, 0.1) is 26.4 Å². The van der Waals surface area contributed by atoms with Crippen LogP contribution in [0, 0.1) is 11.8 Å². The lowest BCUT2D eigenvalue weighted by molar-refractivity contribution is -0.161.